The number of methoxy groups -OCH3 is 1. The third-order valence-corrected chi connectivity index (χ3v) is 7.15. The van der Waals surface area contributed by atoms with Crippen LogP contribution in [0.25, 0.3) is 10.9 Å². The van der Waals surface area contributed by atoms with Crippen LogP contribution in [0, 0.1) is 0 Å². The van der Waals surface area contributed by atoms with E-state index in [0.717, 1.165) is 24.3 Å². The van der Waals surface area contributed by atoms with Gasteiger partial charge in [0.25, 0.3) is 11.5 Å². The van der Waals surface area contributed by atoms with Gasteiger partial charge in [-0.05, 0) is 37.0 Å². The molecule has 1 N–H and O–H groups in total. The lowest BCUT2D eigenvalue weighted by Crippen LogP contribution is -2.60. The number of carbonyl (C=O) groups excluding carboxylic acids is 1. The van der Waals surface area contributed by atoms with Crippen molar-refractivity contribution in [1.29, 1.82) is 0 Å². The largest absolute Gasteiger partial charge is 0.433 e. The molecule has 0 unspecified atom stereocenters. The minimum atomic E-state index is -5.30. The molecule has 3 aromatic rings. The average molecular weight is 594 g/mol. The van der Waals surface area contributed by atoms with Crippen LogP contribution in [-0.2, 0) is 27.5 Å². The standard InChI is InChI=1S/C27H23F9N2O3/c1-41-24(27(34,35)36,15-8-3-2-4-9-15)23(40)38-13-6-5-12-19(38)22(39)17-14-20(26(31,32)33)37-21-16(17)10-7-11-18(21)25(28,29)30/h2-4,7-11,14,19,22,39H,5-6,12-13H2,1H3/t19-,22+,24-/m1/s1. The molecule has 1 aromatic heterocycles. The van der Waals surface area contributed by atoms with E-state index in [1.807, 2.05) is 0 Å². The number of carbonyl (C=O) groups is 1. The summed E-state index contributed by atoms with van der Waals surface area (Å²) in [5.41, 5.74) is -9.08. The first-order valence-electron chi connectivity index (χ1n) is 12.3. The predicted octanol–water partition coefficient (Wildman–Crippen LogP) is 6.79. The van der Waals surface area contributed by atoms with Gasteiger partial charge >= 0.3 is 18.5 Å². The van der Waals surface area contributed by atoms with Crippen LogP contribution in [0.15, 0.2) is 54.6 Å². The Hall–Kier alpha value is -3.39. The summed E-state index contributed by atoms with van der Waals surface area (Å²) >= 11 is 0. The number of aliphatic hydroxyl groups is 1. The second-order valence-electron chi connectivity index (χ2n) is 9.55. The molecule has 3 atom stereocenters. The number of nitrogens with zero attached hydrogens (tertiary/aromatic N) is 2. The van der Waals surface area contributed by atoms with Gasteiger partial charge in [0, 0.05) is 24.6 Å². The number of para-hydroxylation sites is 1. The number of ether oxygens (including phenoxy) is 1. The molecule has 1 saturated heterocycles. The van der Waals surface area contributed by atoms with Crippen LogP contribution in [0.2, 0.25) is 0 Å². The third kappa shape index (κ3) is 5.46. The van der Waals surface area contributed by atoms with Crippen molar-refractivity contribution in [2.45, 2.75) is 55.5 Å². The number of hydrogen-bond acceptors (Lipinski definition) is 4. The second kappa shape index (κ2) is 10.8. The Bertz CT molecular complexity index is 1410. The summed E-state index contributed by atoms with van der Waals surface area (Å²) in [5.74, 6) is -1.62. The quantitative estimate of drug-likeness (QED) is 0.331. The van der Waals surface area contributed by atoms with Crippen LogP contribution < -0.4 is 0 Å². The maximum atomic E-state index is 14.6. The number of likely N-dealkylation sites (tertiary alicyclic amines) is 1. The number of benzene rings is 2. The molecule has 1 fully saturated rings. The van der Waals surface area contributed by atoms with E-state index >= 15 is 0 Å². The third-order valence-electron chi connectivity index (χ3n) is 7.15. The van der Waals surface area contributed by atoms with Gasteiger partial charge in [0.05, 0.1) is 17.1 Å². The van der Waals surface area contributed by atoms with Gasteiger partial charge in [0.1, 0.15) is 11.8 Å². The molecule has 2 heterocycles. The molecule has 0 bridgehead atoms. The van der Waals surface area contributed by atoms with Crippen LogP contribution in [0.3, 0.4) is 0 Å². The van der Waals surface area contributed by atoms with Crippen molar-refractivity contribution in [3.05, 3.63) is 77.0 Å². The molecule has 0 spiro atoms. The summed E-state index contributed by atoms with van der Waals surface area (Å²) in [6, 6.07) is 7.25. The van der Waals surface area contributed by atoms with E-state index < -0.39 is 75.5 Å². The predicted molar refractivity (Wildman–Crippen MR) is 127 cm³/mol. The zero-order valence-electron chi connectivity index (χ0n) is 21.2. The molecule has 1 amide bonds. The van der Waals surface area contributed by atoms with Crippen LogP contribution in [0.1, 0.15) is 47.8 Å². The number of hydrogen-bond donors (Lipinski definition) is 1. The SMILES string of the molecule is CO[C@@](C(=O)N1CCCC[C@@H]1[C@@H](O)c1cc(C(F)(F)F)nc2c(C(F)(F)F)cccc12)(c1ccccc1)C(F)(F)F. The topological polar surface area (TPSA) is 62.7 Å². The summed E-state index contributed by atoms with van der Waals surface area (Å²) in [6.45, 7) is -0.322. The first-order valence-corrected chi connectivity index (χ1v) is 12.3. The highest BCUT2D eigenvalue weighted by Gasteiger charge is 2.64. The number of amides is 1. The Morgan fingerprint density at radius 3 is 2.17 bits per heavy atom. The van der Waals surface area contributed by atoms with E-state index in [1.54, 1.807) is 0 Å². The summed E-state index contributed by atoms with van der Waals surface area (Å²) in [5, 5.41) is 10.9. The first kappa shape index (κ1) is 30.6. The maximum Gasteiger partial charge on any atom is 0.433 e. The van der Waals surface area contributed by atoms with Crippen LogP contribution >= 0.6 is 0 Å². The molecular formula is C27H23F9N2O3. The van der Waals surface area contributed by atoms with Crippen molar-refractivity contribution in [2.75, 3.05) is 13.7 Å². The highest BCUT2D eigenvalue weighted by Crippen LogP contribution is 2.46. The normalized spacial score (nSPS) is 19.2. The molecule has 1 aliphatic rings. The molecule has 4 rings (SSSR count). The summed E-state index contributed by atoms with van der Waals surface area (Å²) in [7, 11) is 0.679. The molecule has 0 radical (unpaired) electrons. The Labute approximate surface area is 227 Å². The monoisotopic (exact) mass is 594 g/mol. The van der Waals surface area contributed by atoms with E-state index in [-0.39, 0.29) is 25.8 Å². The Balaban J connectivity index is 1.89. The van der Waals surface area contributed by atoms with Gasteiger partial charge in [-0.25, -0.2) is 4.98 Å². The molecule has 222 valence electrons. The van der Waals surface area contributed by atoms with Crippen molar-refractivity contribution in [3.63, 3.8) is 0 Å². The fourth-order valence-electron chi connectivity index (χ4n) is 5.24. The lowest BCUT2D eigenvalue weighted by Gasteiger charge is -2.44. The number of aliphatic hydroxyl groups excluding tert-OH is 1. The van der Waals surface area contributed by atoms with Crippen molar-refractivity contribution in [3.8, 4) is 0 Å². The first-order chi connectivity index (χ1) is 19.0. The summed E-state index contributed by atoms with van der Waals surface area (Å²) in [6.07, 6.45) is -17.4. The van der Waals surface area contributed by atoms with E-state index in [1.165, 1.54) is 18.2 Å². The van der Waals surface area contributed by atoms with Gasteiger partial charge in [0.2, 0.25) is 0 Å². The van der Waals surface area contributed by atoms with Crippen molar-refractivity contribution < 1.29 is 54.2 Å². The molecule has 1 aliphatic heterocycles. The van der Waals surface area contributed by atoms with Crippen molar-refractivity contribution >= 4 is 16.8 Å². The van der Waals surface area contributed by atoms with Crippen LogP contribution in [0.5, 0.6) is 0 Å². The number of piperidine rings is 1. The highest BCUT2D eigenvalue weighted by molar-refractivity contribution is 5.89. The molecule has 0 aliphatic carbocycles. The highest BCUT2D eigenvalue weighted by atomic mass is 19.4. The number of alkyl halides is 9. The Morgan fingerprint density at radius 2 is 1.61 bits per heavy atom. The zero-order chi connectivity index (χ0) is 30.4. The maximum absolute atomic E-state index is 14.6. The zero-order valence-corrected chi connectivity index (χ0v) is 21.2. The smallest absolute Gasteiger partial charge is 0.386 e. The Kier molecular flexibility index (Phi) is 8.04. The van der Waals surface area contributed by atoms with Gasteiger partial charge in [-0.3, -0.25) is 4.79 Å². The van der Waals surface area contributed by atoms with E-state index in [4.69, 9.17) is 4.74 Å². The van der Waals surface area contributed by atoms with Gasteiger partial charge in [-0.1, -0.05) is 42.5 Å². The summed E-state index contributed by atoms with van der Waals surface area (Å²) in [4.78, 5) is 17.6. The number of fused-ring (bicyclic) bond motifs is 1. The number of pyridine rings is 1. The van der Waals surface area contributed by atoms with Crippen LogP contribution in [-0.4, -0.2) is 46.8 Å². The van der Waals surface area contributed by atoms with Crippen molar-refractivity contribution in [2.24, 2.45) is 0 Å². The molecule has 2 aromatic carbocycles. The van der Waals surface area contributed by atoms with Gasteiger partial charge in [-0.2, -0.15) is 39.5 Å². The fraction of sp³-hybridized carbons (Fsp3) is 0.407. The number of rotatable bonds is 5. The average Bonchev–Trinajstić information content (AvgIpc) is 2.91. The van der Waals surface area contributed by atoms with Gasteiger partial charge in [-0.15, -0.1) is 0 Å². The summed E-state index contributed by atoms with van der Waals surface area (Å²) < 4.78 is 131. The molecule has 14 heteroatoms. The molecular weight excluding hydrogens is 571 g/mol. The molecule has 5 nitrogen and oxygen atoms in total. The number of halogens is 9. The lowest BCUT2D eigenvalue weighted by atomic mass is 9.86. The lowest BCUT2D eigenvalue weighted by molar-refractivity contribution is -0.272. The van der Waals surface area contributed by atoms with E-state index in [9.17, 15) is 49.4 Å². The molecule has 41 heavy (non-hydrogen) atoms. The second-order valence-corrected chi connectivity index (χ2v) is 9.55. The minimum absolute atomic E-state index is 0.149. The van der Waals surface area contributed by atoms with Crippen molar-refractivity contribution in [1.82, 2.24) is 9.88 Å². The van der Waals surface area contributed by atoms with Gasteiger partial charge < -0.3 is 14.7 Å². The fourth-order valence-corrected chi connectivity index (χ4v) is 5.24. The minimum Gasteiger partial charge on any atom is -0.386 e. The Morgan fingerprint density at radius 1 is 0.951 bits per heavy atom. The van der Waals surface area contributed by atoms with Gasteiger partial charge in [0.15, 0.2) is 0 Å². The van der Waals surface area contributed by atoms with E-state index in [2.05, 4.69) is 4.98 Å². The van der Waals surface area contributed by atoms with Crippen LogP contribution in [0.4, 0.5) is 39.5 Å². The number of aromatic nitrogens is 1. The molecule has 0 saturated carbocycles. The van der Waals surface area contributed by atoms with E-state index in [0.29, 0.717) is 24.1 Å².